The van der Waals surface area contributed by atoms with Crippen molar-refractivity contribution in [2.45, 2.75) is 6.92 Å². The first kappa shape index (κ1) is 13.5. The van der Waals surface area contributed by atoms with Crippen LogP contribution in [-0.2, 0) is 4.74 Å². The number of nitrogens with two attached hydrogens (primary N) is 1. The van der Waals surface area contributed by atoms with E-state index >= 15 is 0 Å². The zero-order valence-electron chi connectivity index (χ0n) is 10.4. The zero-order chi connectivity index (χ0) is 14.9. The van der Waals surface area contributed by atoms with Gasteiger partial charge < -0.3 is 14.9 Å². The molecule has 2 aromatic rings. The fraction of sp³-hybridized carbons (Fsp3) is 0.167. The molecule has 1 heterocycles. The topological polar surface area (TPSA) is 126 Å². The van der Waals surface area contributed by atoms with E-state index in [-0.39, 0.29) is 17.6 Å². The molecule has 8 heteroatoms. The maximum atomic E-state index is 12.0. The Bertz CT molecular complexity index is 764. The van der Waals surface area contributed by atoms with Gasteiger partial charge in [-0.2, -0.15) is 0 Å². The lowest BCUT2D eigenvalue weighted by molar-refractivity contribution is -0.383. The summed E-state index contributed by atoms with van der Waals surface area (Å²) in [5.74, 6) is -1.47. The van der Waals surface area contributed by atoms with Crippen LogP contribution in [0.2, 0.25) is 0 Å². The summed E-state index contributed by atoms with van der Waals surface area (Å²) in [5, 5.41) is 10.8. The third-order valence-corrected chi connectivity index (χ3v) is 2.59. The molecule has 1 aromatic carbocycles. The molecule has 2 N–H and O–H groups in total. The number of nitrogen functional groups attached to an aromatic ring is 1. The Morgan fingerprint density at radius 1 is 1.50 bits per heavy atom. The van der Waals surface area contributed by atoms with Gasteiger partial charge in [-0.3, -0.25) is 14.9 Å². The van der Waals surface area contributed by atoms with E-state index in [0.29, 0.717) is 0 Å². The highest BCUT2D eigenvalue weighted by Gasteiger charge is 2.23. The third kappa shape index (κ3) is 2.07. The summed E-state index contributed by atoms with van der Waals surface area (Å²) < 4.78 is 9.83. The number of carbonyl (C=O) groups is 1. The number of fused-ring (bicyclic) bond motifs is 1. The number of para-hydroxylation sites is 1. The van der Waals surface area contributed by atoms with Crippen molar-refractivity contribution in [1.29, 1.82) is 0 Å². The van der Waals surface area contributed by atoms with E-state index in [4.69, 9.17) is 14.9 Å². The van der Waals surface area contributed by atoms with E-state index < -0.39 is 33.5 Å². The van der Waals surface area contributed by atoms with Gasteiger partial charge in [-0.25, -0.2) is 4.79 Å². The number of benzene rings is 1. The van der Waals surface area contributed by atoms with Gasteiger partial charge in [-0.05, 0) is 13.0 Å². The van der Waals surface area contributed by atoms with E-state index in [9.17, 15) is 19.7 Å². The number of nitrogens with zero attached hydrogens (tertiary/aromatic N) is 1. The summed E-state index contributed by atoms with van der Waals surface area (Å²) in [7, 11) is 0. The van der Waals surface area contributed by atoms with Crippen LogP contribution in [-0.4, -0.2) is 17.5 Å². The molecular weight excluding hydrogens is 268 g/mol. The Labute approximate surface area is 111 Å². The predicted molar refractivity (Wildman–Crippen MR) is 69.5 cm³/mol. The molecule has 0 unspecified atom stereocenters. The number of rotatable bonds is 3. The molecule has 0 atom stereocenters. The number of ether oxygens (including phenoxy) is 1. The summed E-state index contributed by atoms with van der Waals surface area (Å²) in [6.07, 6.45) is 0. The molecule has 0 saturated carbocycles. The molecule has 1 aromatic heterocycles. The van der Waals surface area contributed by atoms with Crippen LogP contribution in [0.3, 0.4) is 0 Å². The van der Waals surface area contributed by atoms with Crippen molar-refractivity contribution in [1.82, 2.24) is 0 Å². The fourth-order valence-electron chi connectivity index (χ4n) is 1.71. The lowest BCUT2D eigenvalue weighted by atomic mass is 10.1. The molecule has 104 valence electrons. The van der Waals surface area contributed by atoms with Crippen LogP contribution in [0.1, 0.15) is 17.5 Å². The Morgan fingerprint density at radius 3 is 2.80 bits per heavy atom. The van der Waals surface area contributed by atoms with Crippen LogP contribution in [0.4, 0.5) is 11.4 Å². The van der Waals surface area contributed by atoms with Gasteiger partial charge in [0, 0.05) is 6.07 Å². The number of carbonyl (C=O) groups excluding carboxylic acids is 1. The molecule has 0 spiro atoms. The van der Waals surface area contributed by atoms with Gasteiger partial charge in [0.25, 0.3) is 0 Å². The van der Waals surface area contributed by atoms with Crippen molar-refractivity contribution in [3.05, 3.63) is 44.3 Å². The molecule has 0 bridgehead atoms. The minimum Gasteiger partial charge on any atom is -0.460 e. The number of anilines is 1. The van der Waals surface area contributed by atoms with Crippen LogP contribution in [0, 0.1) is 10.1 Å². The zero-order valence-corrected chi connectivity index (χ0v) is 10.4. The van der Waals surface area contributed by atoms with E-state index in [1.807, 2.05) is 0 Å². The van der Waals surface area contributed by atoms with Crippen LogP contribution >= 0.6 is 0 Å². The predicted octanol–water partition coefficient (Wildman–Crippen LogP) is 1.46. The van der Waals surface area contributed by atoms with Crippen molar-refractivity contribution in [2.75, 3.05) is 12.3 Å². The average molecular weight is 278 g/mol. The highest BCUT2D eigenvalue weighted by atomic mass is 16.6. The highest BCUT2D eigenvalue weighted by Crippen LogP contribution is 2.26. The van der Waals surface area contributed by atoms with Crippen molar-refractivity contribution in [3.8, 4) is 0 Å². The molecule has 20 heavy (non-hydrogen) atoms. The quantitative estimate of drug-likeness (QED) is 0.511. The molecular formula is C12H10N2O6. The number of nitro groups is 1. The lowest BCUT2D eigenvalue weighted by Gasteiger charge is -2.05. The SMILES string of the molecule is CCOC(=O)c1oc2c([N+](=O)[O-])cccc2c(=O)c1N. The highest BCUT2D eigenvalue weighted by molar-refractivity contribution is 5.96. The molecule has 0 aliphatic carbocycles. The van der Waals surface area contributed by atoms with Gasteiger partial charge in [0.2, 0.25) is 16.8 Å². The Balaban J connectivity index is 2.83. The molecule has 0 radical (unpaired) electrons. The number of nitro benzene ring substituents is 1. The summed E-state index contributed by atoms with van der Waals surface area (Å²) in [4.78, 5) is 33.9. The van der Waals surface area contributed by atoms with Crippen LogP contribution in [0.5, 0.6) is 0 Å². The van der Waals surface area contributed by atoms with Gasteiger partial charge in [0.1, 0.15) is 5.69 Å². The summed E-state index contributed by atoms with van der Waals surface area (Å²) in [5.41, 5.74) is 3.65. The minimum absolute atomic E-state index is 0.0525. The van der Waals surface area contributed by atoms with E-state index in [0.717, 1.165) is 6.07 Å². The molecule has 0 fully saturated rings. The van der Waals surface area contributed by atoms with Gasteiger partial charge in [0.05, 0.1) is 16.9 Å². The monoisotopic (exact) mass is 278 g/mol. The normalized spacial score (nSPS) is 10.4. The smallest absolute Gasteiger partial charge is 0.376 e. The fourth-order valence-corrected chi connectivity index (χ4v) is 1.71. The number of non-ortho nitro benzene ring substituents is 1. The van der Waals surface area contributed by atoms with Gasteiger partial charge >= 0.3 is 11.7 Å². The standard InChI is InChI=1S/C12H10N2O6/c1-2-19-12(16)11-8(13)9(15)6-4-3-5-7(14(17)18)10(6)20-11/h3-5H,2,13H2,1H3. The van der Waals surface area contributed by atoms with E-state index in [2.05, 4.69) is 0 Å². The first-order chi connectivity index (χ1) is 9.47. The second-order valence-electron chi connectivity index (χ2n) is 3.81. The number of esters is 1. The van der Waals surface area contributed by atoms with Crippen LogP contribution in [0.25, 0.3) is 11.0 Å². The summed E-state index contributed by atoms with van der Waals surface area (Å²) >= 11 is 0. The Morgan fingerprint density at radius 2 is 2.20 bits per heavy atom. The van der Waals surface area contributed by atoms with Crippen molar-refractivity contribution in [2.24, 2.45) is 0 Å². The molecule has 8 nitrogen and oxygen atoms in total. The molecule has 0 saturated heterocycles. The van der Waals surface area contributed by atoms with Crippen LogP contribution in [0.15, 0.2) is 27.4 Å². The van der Waals surface area contributed by atoms with Crippen molar-refractivity contribution < 1.29 is 18.9 Å². The minimum atomic E-state index is -0.942. The molecule has 0 aliphatic rings. The first-order valence-electron chi connectivity index (χ1n) is 5.64. The Kier molecular flexibility index (Phi) is 3.38. The molecule has 0 amide bonds. The maximum Gasteiger partial charge on any atom is 0.376 e. The van der Waals surface area contributed by atoms with Crippen LogP contribution < -0.4 is 11.2 Å². The summed E-state index contributed by atoms with van der Waals surface area (Å²) in [6, 6.07) is 3.83. The molecule has 0 aliphatic heterocycles. The lowest BCUT2D eigenvalue weighted by Crippen LogP contribution is -2.17. The maximum absolute atomic E-state index is 12.0. The Hall–Kier alpha value is -2.90. The van der Waals surface area contributed by atoms with Gasteiger partial charge in [-0.15, -0.1) is 0 Å². The number of hydrogen-bond donors (Lipinski definition) is 1. The number of hydrogen-bond acceptors (Lipinski definition) is 7. The largest absolute Gasteiger partial charge is 0.460 e. The van der Waals surface area contributed by atoms with Crippen molar-refractivity contribution >= 4 is 28.3 Å². The van der Waals surface area contributed by atoms with Crippen molar-refractivity contribution in [3.63, 3.8) is 0 Å². The second-order valence-corrected chi connectivity index (χ2v) is 3.81. The van der Waals surface area contributed by atoms with E-state index in [1.54, 1.807) is 6.92 Å². The summed E-state index contributed by atoms with van der Waals surface area (Å²) in [6.45, 7) is 1.62. The van der Waals surface area contributed by atoms with Gasteiger partial charge in [0.15, 0.2) is 0 Å². The second kappa shape index (κ2) is 5.00. The van der Waals surface area contributed by atoms with E-state index in [1.165, 1.54) is 12.1 Å². The van der Waals surface area contributed by atoms with Gasteiger partial charge in [-0.1, -0.05) is 6.07 Å². The molecule has 2 rings (SSSR count). The first-order valence-corrected chi connectivity index (χ1v) is 5.64. The third-order valence-electron chi connectivity index (χ3n) is 2.59. The average Bonchev–Trinajstić information content (AvgIpc) is 2.42.